The number of aryl methyl sites for hydroxylation is 1. The lowest BCUT2D eigenvalue weighted by Gasteiger charge is -2.29. The zero-order valence-corrected chi connectivity index (χ0v) is 42.0. The minimum atomic E-state index is -4.42. The van der Waals surface area contributed by atoms with Crippen LogP contribution in [0.2, 0.25) is 0 Å². The number of rotatable bonds is 18. The van der Waals surface area contributed by atoms with Gasteiger partial charge >= 0.3 is 5.97 Å². The van der Waals surface area contributed by atoms with Gasteiger partial charge in [-0.2, -0.15) is 21.4 Å². The van der Waals surface area contributed by atoms with Crippen molar-refractivity contribution in [3.8, 4) is 0 Å². The average molecular weight is 945 g/mol. The highest BCUT2D eigenvalue weighted by Crippen LogP contribution is 2.49. The topological polar surface area (TPSA) is 164 Å². The van der Waals surface area contributed by atoms with Gasteiger partial charge in [0.25, 0.3) is 20.2 Å². The summed E-state index contributed by atoms with van der Waals surface area (Å²) < 4.78 is 73.3. The summed E-state index contributed by atoms with van der Waals surface area (Å²) in [5.74, 6) is -0.846. The summed E-state index contributed by atoms with van der Waals surface area (Å²) >= 11 is 0. The first kappa shape index (κ1) is 50.5. The molecule has 0 fully saturated rings. The van der Waals surface area contributed by atoms with E-state index >= 15 is 0 Å². The van der Waals surface area contributed by atoms with Gasteiger partial charge in [0.1, 0.15) is 0 Å². The summed E-state index contributed by atoms with van der Waals surface area (Å²) in [5.41, 5.74) is 9.17. The molecule has 0 saturated heterocycles. The number of nitrogens with one attached hydrogen (secondary N) is 1. The average Bonchev–Trinajstić information content (AvgIpc) is 3.55. The third-order valence-corrected chi connectivity index (χ3v) is 14.7. The second-order valence-corrected chi connectivity index (χ2v) is 23.9. The molecule has 0 saturated carbocycles. The molecule has 15 heteroatoms. The first-order valence-corrected chi connectivity index (χ1v) is 25.6. The highest BCUT2D eigenvalue weighted by Gasteiger charge is 2.45. The predicted octanol–water partition coefficient (Wildman–Crippen LogP) is 8.48. The number of carboxylic acids is 1. The van der Waals surface area contributed by atoms with E-state index in [4.69, 9.17) is 0 Å². The lowest BCUT2D eigenvalue weighted by Crippen LogP contribution is -2.37. The molecule has 3 aliphatic rings. The van der Waals surface area contributed by atoms with E-state index in [9.17, 15) is 35.8 Å². The lowest BCUT2D eigenvalue weighted by atomic mass is 9.81. The Kier molecular flexibility index (Phi) is 14.5. The van der Waals surface area contributed by atoms with Crippen LogP contribution in [0.15, 0.2) is 117 Å². The number of hydrogen-bond donors (Lipinski definition) is 4. The van der Waals surface area contributed by atoms with E-state index in [1.807, 2.05) is 24.3 Å². The van der Waals surface area contributed by atoms with Crippen molar-refractivity contribution >= 4 is 49.0 Å². The van der Waals surface area contributed by atoms with E-state index in [0.29, 0.717) is 19.5 Å². The zero-order chi connectivity index (χ0) is 48.6. The second-order valence-electron chi connectivity index (χ2n) is 21.0. The summed E-state index contributed by atoms with van der Waals surface area (Å²) in [7, 11) is 4.13. The second kappa shape index (κ2) is 19.0. The van der Waals surface area contributed by atoms with Crippen LogP contribution in [-0.4, -0.2) is 125 Å². The number of anilines is 2. The van der Waals surface area contributed by atoms with Crippen LogP contribution in [-0.2, 0) is 42.3 Å². The summed E-state index contributed by atoms with van der Waals surface area (Å²) in [6.07, 6.45) is 13.4. The summed E-state index contributed by atoms with van der Waals surface area (Å²) in [4.78, 5) is 13.3. The largest absolute Gasteiger partial charge is 0.481 e. The van der Waals surface area contributed by atoms with E-state index in [0.717, 1.165) is 116 Å². The number of quaternary nitrogens is 2. The molecule has 0 unspecified atom stereocenters. The van der Waals surface area contributed by atoms with Gasteiger partial charge in [0, 0.05) is 65.3 Å². The quantitative estimate of drug-likeness (QED) is 0.0553. The number of benzene rings is 3. The van der Waals surface area contributed by atoms with Gasteiger partial charge in [0.15, 0.2) is 12.3 Å². The normalized spacial score (nSPS) is 18.8. The SMILES string of the molecule is CC1(C)C(=CC=C2CCCC(C=CC3=[N+](CCC[N+](C)(C)C)c4ccc(S(=O)(=O)O)cc4C3(C)C)=C2Nc2ccc(CCC(=O)O)cc2)N(CCC[N+](C)(C)C)c2ccc(S(=O)(=O)O)cc21. The van der Waals surface area contributed by atoms with Crippen LogP contribution in [0.4, 0.5) is 17.1 Å². The smallest absolute Gasteiger partial charge is 0.303 e. The summed E-state index contributed by atoms with van der Waals surface area (Å²) in [6.45, 7) is 11.6. The molecule has 13 nitrogen and oxygen atoms in total. The number of nitrogens with zero attached hydrogens (tertiary/aromatic N) is 4. The van der Waals surface area contributed by atoms with E-state index in [2.05, 4.69) is 109 Å². The van der Waals surface area contributed by atoms with Gasteiger partial charge in [0.2, 0.25) is 5.69 Å². The first-order chi connectivity index (χ1) is 30.6. The molecule has 6 rings (SSSR count). The molecule has 0 spiro atoms. The minimum Gasteiger partial charge on any atom is -0.481 e. The molecule has 0 amide bonds. The first-order valence-electron chi connectivity index (χ1n) is 22.7. The van der Waals surface area contributed by atoms with Crippen LogP contribution in [0.25, 0.3) is 0 Å². The van der Waals surface area contributed by atoms with Crippen LogP contribution >= 0.6 is 0 Å². The van der Waals surface area contributed by atoms with Crippen molar-refractivity contribution in [1.29, 1.82) is 0 Å². The van der Waals surface area contributed by atoms with Crippen molar-refractivity contribution in [2.24, 2.45) is 0 Å². The highest BCUT2D eigenvalue weighted by molar-refractivity contribution is 7.86. The Hall–Kier alpha value is -4.90. The molecule has 3 aromatic rings. The Morgan fingerprint density at radius 2 is 1.38 bits per heavy atom. The van der Waals surface area contributed by atoms with E-state index in [1.165, 1.54) is 12.1 Å². The fourth-order valence-corrected chi connectivity index (χ4v) is 10.5. The fraction of sp³-hybridized carbons (Fsp3) is 0.451. The predicted molar refractivity (Wildman–Crippen MR) is 263 cm³/mol. The van der Waals surface area contributed by atoms with Gasteiger partial charge in [-0.05, 0) is 110 Å². The molecule has 0 radical (unpaired) electrons. The monoisotopic (exact) mass is 944 g/mol. The fourth-order valence-electron chi connectivity index (χ4n) is 9.45. The molecule has 2 aliphatic heterocycles. The number of hydrogen-bond acceptors (Lipinski definition) is 7. The molecule has 1 aliphatic carbocycles. The third-order valence-electron chi connectivity index (χ3n) is 13.0. The van der Waals surface area contributed by atoms with Gasteiger partial charge in [-0.15, -0.1) is 0 Å². The van der Waals surface area contributed by atoms with E-state index in [-0.39, 0.29) is 16.2 Å². The van der Waals surface area contributed by atoms with E-state index in [1.54, 1.807) is 24.3 Å². The maximum absolute atomic E-state index is 12.3. The third kappa shape index (κ3) is 11.8. The minimum absolute atomic E-state index is 0.0423. The van der Waals surface area contributed by atoms with Crippen LogP contribution in [0.3, 0.4) is 0 Å². The Morgan fingerprint density at radius 1 is 0.773 bits per heavy atom. The lowest BCUT2D eigenvalue weighted by molar-refractivity contribution is -0.871. The molecular weight excluding hydrogens is 875 g/mol. The highest BCUT2D eigenvalue weighted by atomic mass is 32.2. The molecule has 3 aromatic carbocycles. The number of allylic oxidation sites excluding steroid dienone is 7. The number of carboxylic acid groups (broad SMARTS) is 1. The standard InChI is InChI=1S/C51H67N5O8S2/c1-50(2)42-34-40(65(59,60)61)23-25-44(42)53(30-12-32-55(5,6)7)46(50)27-19-37-14-11-15-38(49(37)52-39-21-16-36(17-22-39)18-29-48(57)58)20-28-47-51(3,4)43-35-41(66(62,63)64)24-26-45(43)54(47)31-13-33-56(8,9)10/h16-17,19-28,34-35H,11-15,18,29-33H2,1-10H3,(H-2,57,58,59,60,61,62,63,64)/p+3. The van der Waals surface area contributed by atoms with Crippen molar-refractivity contribution in [2.75, 3.05) is 78.7 Å². The van der Waals surface area contributed by atoms with Crippen LogP contribution < -0.4 is 10.2 Å². The molecule has 0 bridgehead atoms. The molecule has 4 N–H and O–H groups in total. The van der Waals surface area contributed by atoms with Crippen LogP contribution in [0.5, 0.6) is 0 Å². The number of aliphatic carboxylic acids is 1. The molecule has 66 heavy (non-hydrogen) atoms. The van der Waals surface area contributed by atoms with Crippen molar-refractivity contribution in [3.63, 3.8) is 0 Å². The molecule has 0 aromatic heterocycles. The van der Waals surface area contributed by atoms with E-state index < -0.39 is 37.0 Å². The summed E-state index contributed by atoms with van der Waals surface area (Å²) in [6, 6.07) is 17.6. The van der Waals surface area contributed by atoms with Gasteiger partial charge in [-0.3, -0.25) is 13.9 Å². The molecular formula is C51H70N5O8S2+3. The maximum Gasteiger partial charge on any atom is 0.303 e. The zero-order valence-electron chi connectivity index (χ0n) is 40.3. The van der Waals surface area contributed by atoms with Crippen LogP contribution in [0, 0.1) is 0 Å². The molecule has 0 atom stereocenters. The van der Waals surface area contributed by atoms with Crippen molar-refractivity contribution in [3.05, 3.63) is 124 Å². The van der Waals surface area contributed by atoms with Crippen molar-refractivity contribution in [2.45, 2.75) is 93.3 Å². The van der Waals surface area contributed by atoms with Crippen molar-refractivity contribution in [1.82, 2.24) is 0 Å². The Morgan fingerprint density at radius 3 is 1.98 bits per heavy atom. The number of carbonyl (C=O) groups is 1. The van der Waals surface area contributed by atoms with Gasteiger partial charge < -0.3 is 24.3 Å². The number of fused-ring (bicyclic) bond motifs is 2. The molecule has 356 valence electrons. The van der Waals surface area contributed by atoms with Crippen molar-refractivity contribution < 1.29 is 49.4 Å². The van der Waals surface area contributed by atoms with Gasteiger partial charge in [-0.1, -0.05) is 38.1 Å². The maximum atomic E-state index is 12.3. The van der Waals surface area contributed by atoms with Gasteiger partial charge in [0.05, 0.1) is 77.0 Å². The summed E-state index contributed by atoms with van der Waals surface area (Å²) in [5, 5.41) is 13.0. The van der Waals surface area contributed by atoms with Crippen LogP contribution in [0.1, 0.15) is 82.9 Å². The van der Waals surface area contributed by atoms with Gasteiger partial charge in [-0.25, -0.2) is 0 Å². The Bertz CT molecular complexity index is 2750. The Labute approximate surface area is 392 Å². The Balaban J connectivity index is 1.48. The molecule has 2 heterocycles.